The number of carbonyl (C=O) groups is 1. The van der Waals surface area contributed by atoms with Crippen LogP contribution >= 0.6 is 0 Å². The molecule has 1 unspecified atom stereocenters. The Morgan fingerprint density at radius 1 is 1.43 bits per heavy atom. The van der Waals surface area contributed by atoms with Gasteiger partial charge in [-0.1, -0.05) is 6.07 Å². The number of likely N-dealkylation sites (N-methyl/N-ethyl adjacent to an activating group) is 1. The van der Waals surface area contributed by atoms with Crippen molar-refractivity contribution in [2.45, 2.75) is 25.4 Å². The number of nitrogens with one attached hydrogen (secondary N) is 1. The summed E-state index contributed by atoms with van der Waals surface area (Å²) in [5.74, 6) is -0.0694. The monoisotopic (exact) mass is 292 g/mol. The van der Waals surface area contributed by atoms with Crippen molar-refractivity contribution in [1.29, 1.82) is 0 Å². The third-order valence-corrected chi connectivity index (χ3v) is 3.68. The summed E-state index contributed by atoms with van der Waals surface area (Å²) in [5.41, 5.74) is 3.59. The van der Waals surface area contributed by atoms with Gasteiger partial charge < -0.3 is 15.2 Å². The van der Waals surface area contributed by atoms with Gasteiger partial charge in [0.2, 0.25) is 5.91 Å². The fraction of sp³-hybridized carbons (Fsp3) is 0.562. The van der Waals surface area contributed by atoms with E-state index >= 15 is 0 Å². The second-order valence-electron chi connectivity index (χ2n) is 5.69. The van der Waals surface area contributed by atoms with E-state index in [1.807, 2.05) is 6.07 Å². The van der Waals surface area contributed by atoms with E-state index in [0.717, 1.165) is 18.5 Å². The van der Waals surface area contributed by atoms with Crippen molar-refractivity contribution in [1.82, 2.24) is 4.90 Å². The second kappa shape index (κ2) is 7.54. The van der Waals surface area contributed by atoms with Crippen LogP contribution in [0.5, 0.6) is 0 Å². The van der Waals surface area contributed by atoms with E-state index in [1.165, 1.54) is 17.5 Å². The van der Waals surface area contributed by atoms with E-state index in [-0.39, 0.29) is 19.1 Å². The summed E-state index contributed by atoms with van der Waals surface area (Å²) in [4.78, 5) is 13.8. The van der Waals surface area contributed by atoms with Crippen LogP contribution in [0.3, 0.4) is 0 Å². The van der Waals surface area contributed by atoms with E-state index in [1.54, 1.807) is 19.1 Å². The Labute approximate surface area is 125 Å². The number of hydrogen-bond acceptors (Lipinski definition) is 4. The van der Waals surface area contributed by atoms with E-state index in [2.05, 4.69) is 17.4 Å². The minimum absolute atomic E-state index is 0.0694. The van der Waals surface area contributed by atoms with E-state index in [4.69, 9.17) is 4.74 Å². The molecule has 0 heterocycles. The standard InChI is InChI=1S/C16H24N2O3/c1-18(9-15(19)11-21-2)10-16(20)17-14-7-6-12-4-3-5-13(12)8-14/h6-8,15,19H,3-5,9-11H2,1-2H3,(H,17,20). The SMILES string of the molecule is COCC(O)CN(C)CC(=O)Nc1ccc2c(c1)CCC2. The van der Waals surface area contributed by atoms with Gasteiger partial charge in [0.25, 0.3) is 0 Å². The lowest BCUT2D eigenvalue weighted by Gasteiger charge is -2.19. The molecule has 0 saturated carbocycles. The van der Waals surface area contributed by atoms with Crippen molar-refractivity contribution in [3.8, 4) is 0 Å². The fourth-order valence-corrected chi connectivity index (χ4v) is 2.76. The smallest absolute Gasteiger partial charge is 0.238 e. The Morgan fingerprint density at radius 3 is 2.95 bits per heavy atom. The number of rotatable bonds is 7. The normalized spacial score (nSPS) is 15.0. The lowest BCUT2D eigenvalue weighted by Crippen LogP contribution is -2.37. The Kier molecular flexibility index (Phi) is 5.73. The molecule has 5 heteroatoms. The number of carbonyl (C=O) groups excluding carboxylic acids is 1. The first-order chi connectivity index (χ1) is 10.1. The van der Waals surface area contributed by atoms with Gasteiger partial charge >= 0.3 is 0 Å². The average Bonchev–Trinajstić information content (AvgIpc) is 2.85. The lowest BCUT2D eigenvalue weighted by atomic mass is 10.1. The van der Waals surface area contributed by atoms with Gasteiger partial charge in [0.05, 0.1) is 19.3 Å². The minimum atomic E-state index is -0.576. The Balaban J connectivity index is 1.81. The molecule has 116 valence electrons. The highest BCUT2D eigenvalue weighted by Crippen LogP contribution is 2.24. The molecule has 1 aliphatic rings. The Hall–Kier alpha value is -1.43. The van der Waals surface area contributed by atoms with Crippen LogP contribution in [0.4, 0.5) is 5.69 Å². The number of nitrogens with zero attached hydrogens (tertiary/aromatic N) is 1. The first kappa shape index (κ1) is 15.9. The first-order valence-corrected chi connectivity index (χ1v) is 7.35. The molecular weight excluding hydrogens is 268 g/mol. The summed E-state index contributed by atoms with van der Waals surface area (Å²) in [7, 11) is 3.35. The van der Waals surface area contributed by atoms with Crippen molar-refractivity contribution in [3.63, 3.8) is 0 Å². The van der Waals surface area contributed by atoms with Crippen molar-refractivity contribution in [2.24, 2.45) is 0 Å². The highest BCUT2D eigenvalue weighted by Gasteiger charge is 2.14. The molecule has 0 aromatic heterocycles. The molecular formula is C16H24N2O3. The van der Waals surface area contributed by atoms with Crippen molar-refractivity contribution < 1.29 is 14.6 Å². The summed E-state index contributed by atoms with van der Waals surface area (Å²) in [6, 6.07) is 6.13. The van der Waals surface area contributed by atoms with Gasteiger partial charge in [0.15, 0.2) is 0 Å². The molecule has 0 fully saturated rings. The van der Waals surface area contributed by atoms with Crippen molar-refractivity contribution in [3.05, 3.63) is 29.3 Å². The summed E-state index contributed by atoms with van der Waals surface area (Å²) >= 11 is 0. The zero-order valence-electron chi connectivity index (χ0n) is 12.8. The highest BCUT2D eigenvalue weighted by atomic mass is 16.5. The van der Waals surface area contributed by atoms with E-state index in [0.29, 0.717) is 6.54 Å². The van der Waals surface area contributed by atoms with Crippen molar-refractivity contribution >= 4 is 11.6 Å². The van der Waals surface area contributed by atoms with Crippen LogP contribution in [0.15, 0.2) is 18.2 Å². The number of amides is 1. The average molecular weight is 292 g/mol. The molecule has 0 aliphatic heterocycles. The van der Waals surface area contributed by atoms with E-state index in [9.17, 15) is 9.90 Å². The van der Waals surface area contributed by atoms with Crippen LogP contribution in [0.1, 0.15) is 17.5 Å². The lowest BCUT2D eigenvalue weighted by molar-refractivity contribution is -0.117. The van der Waals surface area contributed by atoms with Crippen LogP contribution in [-0.2, 0) is 22.4 Å². The van der Waals surface area contributed by atoms with Gasteiger partial charge in [-0.3, -0.25) is 9.69 Å². The predicted octanol–water partition coefficient (Wildman–Crippen LogP) is 1.05. The summed E-state index contributed by atoms with van der Waals surface area (Å²) in [6.07, 6.45) is 2.87. The quantitative estimate of drug-likeness (QED) is 0.788. The molecule has 1 aromatic rings. The molecule has 21 heavy (non-hydrogen) atoms. The number of benzene rings is 1. The van der Waals surface area contributed by atoms with Gasteiger partial charge in [0, 0.05) is 19.3 Å². The first-order valence-electron chi connectivity index (χ1n) is 7.35. The molecule has 1 aromatic carbocycles. The largest absolute Gasteiger partial charge is 0.389 e. The number of aryl methyl sites for hydroxylation is 2. The molecule has 2 rings (SSSR count). The predicted molar refractivity (Wildman–Crippen MR) is 82.5 cm³/mol. The number of aliphatic hydroxyl groups is 1. The maximum Gasteiger partial charge on any atom is 0.238 e. The van der Waals surface area contributed by atoms with Crippen LogP contribution in [0, 0.1) is 0 Å². The number of hydrogen-bond donors (Lipinski definition) is 2. The second-order valence-corrected chi connectivity index (χ2v) is 5.69. The van der Waals surface area contributed by atoms with Gasteiger partial charge in [-0.05, 0) is 49.6 Å². The molecule has 1 atom stereocenters. The maximum absolute atomic E-state index is 12.0. The number of ether oxygens (including phenoxy) is 1. The fourth-order valence-electron chi connectivity index (χ4n) is 2.76. The van der Waals surface area contributed by atoms with Gasteiger partial charge in [0.1, 0.15) is 0 Å². The number of anilines is 1. The molecule has 0 radical (unpaired) electrons. The topological polar surface area (TPSA) is 61.8 Å². The zero-order chi connectivity index (χ0) is 15.2. The molecule has 1 amide bonds. The minimum Gasteiger partial charge on any atom is -0.389 e. The Morgan fingerprint density at radius 2 is 2.19 bits per heavy atom. The van der Waals surface area contributed by atoms with Crippen LogP contribution in [0.2, 0.25) is 0 Å². The van der Waals surface area contributed by atoms with Crippen LogP contribution < -0.4 is 5.32 Å². The zero-order valence-corrected chi connectivity index (χ0v) is 12.8. The molecule has 1 aliphatic carbocycles. The number of fused-ring (bicyclic) bond motifs is 1. The molecule has 0 spiro atoms. The number of methoxy groups -OCH3 is 1. The van der Waals surface area contributed by atoms with Gasteiger partial charge in [-0.15, -0.1) is 0 Å². The number of aliphatic hydroxyl groups excluding tert-OH is 1. The van der Waals surface area contributed by atoms with Crippen molar-refractivity contribution in [2.75, 3.05) is 39.2 Å². The molecule has 0 saturated heterocycles. The summed E-state index contributed by atoms with van der Waals surface area (Å²) in [6.45, 7) is 0.931. The summed E-state index contributed by atoms with van der Waals surface area (Å²) < 4.78 is 4.87. The Bertz CT molecular complexity index is 490. The third kappa shape index (κ3) is 4.81. The molecule has 5 nitrogen and oxygen atoms in total. The maximum atomic E-state index is 12.0. The van der Waals surface area contributed by atoms with Crippen LogP contribution in [0.25, 0.3) is 0 Å². The molecule has 0 bridgehead atoms. The molecule has 2 N–H and O–H groups in total. The van der Waals surface area contributed by atoms with Gasteiger partial charge in [-0.25, -0.2) is 0 Å². The third-order valence-electron chi connectivity index (χ3n) is 3.68. The summed E-state index contributed by atoms with van der Waals surface area (Å²) in [5, 5.41) is 12.5. The van der Waals surface area contributed by atoms with Gasteiger partial charge in [-0.2, -0.15) is 0 Å². The highest BCUT2D eigenvalue weighted by molar-refractivity contribution is 5.92. The van der Waals surface area contributed by atoms with E-state index < -0.39 is 6.10 Å². The van der Waals surface area contributed by atoms with Crippen LogP contribution in [-0.4, -0.2) is 55.9 Å².